The molecule has 1 fully saturated rings. The molecule has 0 bridgehead atoms. The molecule has 1 aromatic carbocycles. The zero-order chi connectivity index (χ0) is 17.6. The first-order valence-electron chi connectivity index (χ1n) is 8.17. The largest absolute Gasteiger partial charge is 0.434 e. The van der Waals surface area contributed by atoms with Gasteiger partial charge in [0.1, 0.15) is 5.75 Å². The number of pyridine rings is 1. The van der Waals surface area contributed by atoms with Crippen LogP contribution in [-0.4, -0.2) is 47.6 Å². The molecule has 1 aliphatic heterocycles. The second-order valence-corrected chi connectivity index (χ2v) is 6.95. The number of ether oxygens (including phenoxy) is 1. The molecule has 3 rings (SSSR count). The fourth-order valence-electron chi connectivity index (χ4n) is 2.98. The maximum absolute atomic E-state index is 12.6. The minimum atomic E-state index is -2.81. The quantitative estimate of drug-likeness (QED) is 0.723. The fraction of sp³-hybridized carbons (Fsp3) is 0.389. The third-order valence-corrected chi connectivity index (χ3v) is 4.75. The summed E-state index contributed by atoms with van der Waals surface area (Å²) in [6.07, 6.45) is 3.62. The molecule has 0 N–H and O–H groups in total. The first-order valence-corrected chi connectivity index (χ1v) is 8.96. The predicted octanol–water partition coefficient (Wildman–Crippen LogP) is 3.76. The number of hydrogen-bond donors (Lipinski definition) is 0. The van der Waals surface area contributed by atoms with Gasteiger partial charge in [-0.15, -0.1) is 0 Å². The zero-order valence-corrected chi connectivity index (χ0v) is 15.3. The van der Waals surface area contributed by atoms with Crippen LogP contribution in [0.25, 0.3) is 0 Å². The van der Waals surface area contributed by atoms with E-state index >= 15 is 0 Å². The number of piperazine rings is 1. The summed E-state index contributed by atoms with van der Waals surface area (Å²) in [5.41, 5.74) is 2.03. The number of nitrogens with zero attached hydrogens (tertiary/aromatic N) is 3. The molecule has 0 radical (unpaired) electrons. The molecule has 1 saturated heterocycles. The third-order valence-electron chi connectivity index (χ3n) is 4.25. The summed E-state index contributed by atoms with van der Waals surface area (Å²) >= 11 is 3.40. The third kappa shape index (κ3) is 5.45. The van der Waals surface area contributed by atoms with Crippen molar-refractivity contribution in [1.82, 2.24) is 14.8 Å². The van der Waals surface area contributed by atoms with Gasteiger partial charge in [0.05, 0.1) is 0 Å². The number of aromatic nitrogens is 1. The molecule has 2 heterocycles. The SMILES string of the molecule is FC(F)Oc1ccc(Br)cc1CN1CCN(Cc2ccncc2)CC1. The second-order valence-electron chi connectivity index (χ2n) is 6.04. The smallest absolute Gasteiger partial charge is 0.387 e. The summed E-state index contributed by atoms with van der Waals surface area (Å²) in [5, 5.41) is 0. The van der Waals surface area contributed by atoms with Crippen molar-refractivity contribution >= 4 is 15.9 Å². The Bertz CT molecular complexity index is 679. The highest BCUT2D eigenvalue weighted by Gasteiger charge is 2.19. The van der Waals surface area contributed by atoms with E-state index in [0.717, 1.165) is 42.8 Å². The van der Waals surface area contributed by atoms with E-state index in [0.29, 0.717) is 6.54 Å². The summed E-state index contributed by atoms with van der Waals surface area (Å²) in [5.74, 6) is 0.248. The lowest BCUT2D eigenvalue weighted by molar-refractivity contribution is -0.0508. The Balaban J connectivity index is 1.56. The van der Waals surface area contributed by atoms with Crippen molar-refractivity contribution < 1.29 is 13.5 Å². The highest BCUT2D eigenvalue weighted by atomic mass is 79.9. The van der Waals surface area contributed by atoms with E-state index in [9.17, 15) is 8.78 Å². The maximum atomic E-state index is 12.6. The van der Waals surface area contributed by atoms with Gasteiger partial charge in [-0.05, 0) is 35.9 Å². The molecule has 0 atom stereocenters. The van der Waals surface area contributed by atoms with Crippen LogP contribution in [0.4, 0.5) is 8.78 Å². The van der Waals surface area contributed by atoms with E-state index in [4.69, 9.17) is 0 Å². The van der Waals surface area contributed by atoms with Crippen molar-refractivity contribution in [3.63, 3.8) is 0 Å². The lowest BCUT2D eigenvalue weighted by Gasteiger charge is -2.35. The molecule has 0 amide bonds. The topological polar surface area (TPSA) is 28.6 Å². The lowest BCUT2D eigenvalue weighted by Crippen LogP contribution is -2.45. The molecule has 0 spiro atoms. The minimum absolute atomic E-state index is 0.248. The minimum Gasteiger partial charge on any atom is -0.434 e. The van der Waals surface area contributed by atoms with Crippen LogP contribution in [0.1, 0.15) is 11.1 Å². The van der Waals surface area contributed by atoms with Crippen LogP contribution < -0.4 is 4.74 Å². The van der Waals surface area contributed by atoms with Gasteiger partial charge < -0.3 is 4.74 Å². The van der Waals surface area contributed by atoms with Crippen LogP contribution in [0.2, 0.25) is 0 Å². The Hall–Kier alpha value is -1.57. The molecule has 1 aromatic heterocycles. The van der Waals surface area contributed by atoms with Crippen molar-refractivity contribution in [2.24, 2.45) is 0 Å². The second kappa shape index (κ2) is 8.69. The van der Waals surface area contributed by atoms with Crippen LogP contribution in [-0.2, 0) is 13.1 Å². The van der Waals surface area contributed by atoms with E-state index in [1.165, 1.54) is 5.56 Å². The van der Waals surface area contributed by atoms with Gasteiger partial charge in [-0.1, -0.05) is 15.9 Å². The van der Waals surface area contributed by atoms with E-state index < -0.39 is 6.61 Å². The number of benzene rings is 1. The van der Waals surface area contributed by atoms with Gasteiger partial charge in [-0.3, -0.25) is 14.8 Å². The van der Waals surface area contributed by atoms with E-state index in [1.807, 2.05) is 30.6 Å². The highest BCUT2D eigenvalue weighted by Crippen LogP contribution is 2.26. The van der Waals surface area contributed by atoms with E-state index in [1.54, 1.807) is 12.1 Å². The molecular weight excluding hydrogens is 392 g/mol. The summed E-state index contributed by atoms with van der Waals surface area (Å²) in [4.78, 5) is 8.70. The van der Waals surface area contributed by atoms with Gasteiger partial charge in [0.2, 0.25) is 0 Å². The highest BCUT2D eigenvalue weighted by molar-refractivity contribution is 9.10. The molecule has 7 heteroatoms. The van der Waals surface area contributed by atoms with Crippen LogP contribution in [0.15, 0.2) is 47.2 Å². The van der Waals surface area contributed by atoms with Gasteiger partial charge >= 0.3 is 6.61 Å². The summed E-state index contributed by atoms with van der Waals surface area (Å²) in [6.45, 7) is 2.38. The first-order chi connectivity index (χ1) is 12.1. The molecule has 25 heavy (non-hydrogen) atoms. The van der Waals surface area contributed by atoms with Crippen molar-refractivity contribution in [3.05, 3.63) is 58.3 Å². The van der Waals surface area contributed by atoms with Crippen LogP contribution in [0, 0.1) is 0 Å². The van der Waals surface area contributed by atoms with Crippen molar-refractivity contribution in [1.29, 1.82) is 0 Å². The molecule has 1 aliphatic rings. The maximum Gasteiger partial charge on any atom is 0.387 e. The normalized spacial score (nSPS) is 16.3. The van der Waals surface area contributed by atoms with Crippen LogP contribution in [0.3, 0.4) is 0 Å². The van der Waals surface area contributed by atoms with Gasteiger partial charge in [0.15, 0.2) is 0 Å². The zero-order valence-electron chi connectivity index (χ0n) is 13.7. The van der Waals surface area contributed by atoms with Gasteiger partial charge in [0, 0.05) is 61.7 Å². The average molecular weight is 412 g/mol. The van der Waals surface area contributed by atoms with Crippen molar-refractivity contribution in [2.75, 3.05) is 26.2 Å². The predicted molar refractivity (Wildman–Crippen MR) is 95.6 cm³/mol. The molecule has 0 aliphatic carbocycles. The molecule has 0 saturated carbocycles. The van der Waals surface area contributed by atoms with Gasteiger partial charge in [-0.2, -0.15) is 8.78 Å². The van der Waals surface area contributed by atoms with Gasteiger partial charge in [-0.25, -0.2) is 0 Å². The van der Waals surface area contributed by atoms with Crippen molar-refractivity contribution in [3.8, 4) is 5.75 Å². The molecule has 134 valence electrons. The average Bonchev–Trinajstić information content (AvgIpc) is 2.60. The standard InChI is InChI=1S/C18H20BrF2N3O/c19-16-1-2-17(25-18(20)21)15(11-16)13-24-9-7-23(8-10-24)12-14-3-5-22-6-4-14/h1-6,11,18H,7-10,12-13H2. The number of rotatable bonds is 6. The van der Waals surface area contributed by atoms with Crippen molar-refractivity contribution in [2.45, 2.75) is 19.7 Å². The molecule has 4 nitrogen and oxygen atoms in total. The lowest BCUT2D eigenvalue weighted by atomic mass is 10.1. The molecule has 0 unspecified atom stereocenters. The number of hydrogen-bond acceptors (Lipinski definition) is 4. The van der Waals surface area contributed by atoms with E-state index in [-0.39, 0.29) is 5.75 Å². The fourth-order valence-corrected chi connectivity index (χ4v) is 3.38. The number of halogens is 3. The summed E-state index contributed by atoms with van der Waals surface area (Å²) in [6, 6.07) is 9.21. The monoisotopic (exact) mass is 411 g/mol. The Labute approximate surface area is 154 Å². The Morgan fingerprint density at radius 2 is 1.64 bits per heavy atom. The Morgan fingerprint density at radius 1 is 1.00 bits per heavy atom. The molecular formula is C18H20BrF2N3O. The number of alkyl halides is 2. The van der Waals surface area contributed by atoms with Gasteiger partial charge in [0.25, 0.3) is 0 Å². The van der Waals surface area contributed by atoms with E-state index in [2.05, 4.69) is 35.5 Å². The van der Waals surface area contributed by atoms with Crippen LogP contribution in [0.5, 0.6) is 5.75 Å². The summed E-state index contributed by atoms with van der Waals surface area (Å²) in [7, 11) is 0. The first kappa shape index (κ1) is 18.2. The Kier molecular flexibility index (Phi) is 6.34. The Morgan fingerprint density at radius 3 is 2.28 bits per heavy atom. The summed E-state index contributed by atoms with van der Waals surface area (Å²) < 4.78 is 30.7. The van der Waals surface area contributed by atoms with Crippen LogP contribution >= 0.6 is 15.9 Å². The molecule has 2 aromatic rings.